The molecule has 1 saturated heterocycles. The highest BCUT2D eigenvalue weighted by Crippen LogP contribution is 2.22. The molecule has 3 heterocycles. The Hall–Kier alpha value is -2.15. The molecule has 3 aromatic rings. The molecule has 1 fully saturated rings. The zero-order chi connectivity index (χ0) is 18.8. The zero-order valence-corrected chi connectivity index (χ0v) is 16.4. The summed E-state index contributed by atoms with van der Waals surface area (Å²) in [4.78, 5) is 18.0. The van der Waals surface area contributed by atoms with Crippen LogP contribution in [0.2, 0.25) is 0 Å². The van der Waals surface area contributed by atoms with Crippen molar-refractivity contribution in [2.24, 2.45) is 7.05 Å². The Morgan fingerprint density at radius 3 is 2.67 bits per heavy atom. The predicted molar refractivity (Wildman–Crippen MR) is 109 cm³/mol. The molecule has 1 aliphatic heterocycles. The summed E-state index contributed by atoms with van der Waals surface area (Å²) in [6.07, 6.45) is 2.07. The number of rotatable bonds is 5. The van der Waals surface area contributed by atoms with E-state index >= 15 is 0 Å². The number of hydrogen-bond acceptors (Lipinski definition) is 4. The molecule has 0 radical (unpaired) electrons. The highest BCUT2D eigenvalue weighted by Gasteiger charge is 2.24. The number of aryl methyl sites for hydroxylation is 1. The van der Waals surface area contributed by atoms with Crippen molar-refractivity contribution in [3.8, 4) is 0 Å². The molecule has 1 atom stereocenters. The smallest absolute Gasteiger partial charge is 0.227 e. The number of β-amino-alcohol motifs (C(OH)–C–C–N with tert-alkyl or cyclic N) is 1. The van der Waals surface area contributed by atoms with E-state index < -0.39 is 6.10 Å². The molecule has 1 amide bonds. The fourth-order valence-corrected chi connectivity index (χ4v) is 4.54. The van der Waals surface area contributed by atoms with Crippen LogP contribution in [0.25, 0.3) is 10.9 Å². The number of fused-ring (bicyclic) bond motifs is 1. The van der Waals surface area contributed by atoms with E-state index in [4.69, 9.17) is 0 Å². The number of carbonyl (C=O) groups is 1. The number of amides is 1. The molecule has 2 aromatic heterocycles. The summed E-state index contributed by atoms with van der Waals surface area (Å²) in [5.74, 6) is 0.185. The van der Waals surface area contributed by atoms with Gasteiger partial charge in [0.1, 0.15) is 6.10 Å². The predicted octanol–water partition coefficient (Wildman–Crippen LogP) is 2.66. The van der Waals surface area contributed by atoms with Gasteiger partial charge in [0.05, 0.1) is 6.42 Å². The number of hydrogen-bond donors (Lipinski definition) is 1. The molecule has 0 aliphatic carbocycles. The lowest BCUT2D eigenvalue weighted by Gasteiger charge is -2.35. The number of aliphatic hydroxyl groups is 1. The molecule has 6 heteroatoms. The summed E-state index contributed by atoms with van der Waals surface area (Å²) in [5, 5.41) is 13.5. The Kier molecular flexibility index (Phi) is 5.29. The van der Waals surface area contributed by atoms with Crippen molar-refractivity contribution in [1.29, 1.82) is 0 Å². The van der Waals surface area contributed by atoms with Gasteiger partial charge in [-0.25, -0.2) is 0 Å². The fourth-order valence-electron chi connectivity index (χ4n) is 3.84. The summed E-state index contributed by atoms with van der Waals surface area (Å²) in [7, 11) is 2.02. The van der Waals surface area contributed by atoms with Crippen LogP contribution in [0.1, 0.15) is 16.5 Å². The minimum Gasteiger partial charge on any atom is -0.386 e. The monoisotopic (exact) mass is 383 g/mol. The van der Waals surface area contributed by atoms with Crippen LogP contribution in [0.5, 0.6) is 0 Å². The molecule has 142 valence electrons. The van der Waals surface area contributed by atoms with Crippen LogP contribution in [0.3, 0.4) is 0 Å². The van der Waals surface area contributed by atoms with E-state index in [1.54, 1.807) is 11.3 Å². The fraction of sp³-hybridized carbons (Fsp3) is 0.381. The molecule has 1 aromatic carbocycles. The van der Waals surface area contributed by atoms with Gasteiger partial charge in [-0.05, 0) is 23.1 Å². The molecule has 27 heavy (non-hydrogen) atoms. The first-order valence-electron chi connectivity index (χ1n) is 9.36. The highest BCUT2D eigenvalue weighted by molar-refractivity contribution is 7.10. The van der Waals surface area contributed by atoms with E-state index in [2.05, 4.69) is 27.8 Å². The van der Waals surface area contributed by atoms with Crippen molar-refractivity contribution < 1.29 is 9.90 Å². The maximum atomic E-state index is 12.8. The van der Waals surface area contributed by atoms with Gasteiger partial charge in [0, 0.05) is 61.7 Å². The number of aromatic nitrogens is 1. The third-order valence-corrected chi connectivity index (χ3v) is 6.32. The number of nitrogens with zero attached hydrogens (tertiary/aromatic N) is 3. The first-order valence-corrected chi connectivity index (χ1v) is 10.2. The van der Waals surface area contributed by atoms with E-state index in [9.17, 15) is 9.90 Å². The average Bonchev–Trinajstić information content (AvgIpc) is 3.32. The Balaban J connectivity index is 1.33. The van der Waals surface area contributed by atoms with Crippen molar-refractivity contribution in [2.45, 2.75) is 12.5 Å². The number of para-hydroxylation sites is 1. The van der Waals surface area contributed by atoms with Gasteiger partial charge >= 0.3 is 0 Å². The Morgan fingerprint density at radius 1 is 1.15 bits per heavy atom. The summed E-state index contributed by atoms with van der Waals surface area (Å²) in [6, 6.07) is 12.2. The number of aliphatic hydroxyl groups excluding tert-OH is 1. The van der Waals surface area contributed by atoms with Crippen LogP contribution in [0, 0.1) is 0 Å². The third-order valence-electron chi connectivity index (χ3n) is 5.35. The zero-order valence-electron chi connectivity index (χ0n) is 15.5. The second kappa shape index (κ2) is 7.84. The number of thiophene rings is 1. The van der Waals surface area contributed by atoms with Gasteiger partial charge in [0.2, 0.25) is 5.91 Å². The summed E-state index contributed by atoms with van der Waals surface area (Å²) < 4.78 is 2.09. The largest absolute Gasteiger partial charge is 0.386 e. The number of piperazine rings is 1. The van der Waals surface area contributed by atoms with Gasteiger partial charge < -0.3 is 14.6 Å². The van der Waals surface area contributed by atoms with Gasteiger partial charge in [-0.2, -0.15) is 0 Å². The summed E-state index contributed by atoms with van der Waals surface area (Å²) >= 11 is 1.59. The molecule has 0 saturated carbocycles. The molecule has 4 rings (SSSR count). The molecule has 0 bridgehead atoms. The second-order valence-electron chi connectivity index (χ2n) is 7.17. The molecule has 1 N–H and O–H groups in total. The first kappa shape index (κ1) is 18.2. The van der Waals surface area contributed by atoms with E-state index in [1.165, 1.54) is 0 Å². The maximum absolute atomic E-state index is 12.8. The van der Waals surface area contributed by atoms with Crippen LogP contribution in [0.4, 0.5) is 0 Å². The van der Waals surface area contributed by atoms with Gasteiger partial charge in [-0.3, -0.25) is 9.69 Å². The minimum atomic E-state index is -0.442. The van der Waals surface area contributed by atoms with E-state index in [0.29, 0.717) is 13.0 Å². The first-order chi connectivity index (χ1) is 13.1. The lowest BCUT2D eigenvalue weighted by molar-refractivity contribution is -0.132. The Morgan fingerprint density at radius 2 is 1.93 bits per heavy atom. The van der Waals surface area contributed by atoms with Crippen LogP contribution < -0.4 is 0 Å². The van der Waals surface area contributed by atoms with Crippen molar-refractivity contribution in [1.82, 2.24) is 14.4 Å². The van der Waals surface area contributed by atoms with E-state index in [1.807, 2.05) is 41.6 Å². The van der Waals surface area contributed by atoms with Crippen molar-refractivity contribution in [2.75, 3.05) is 32.7 Å². The number of carbonyl (C=O) groups excluding carboxylic acids is 1. The molecular weight excluding hydrogens is 358 g/mol. The topological polar surface area (TPSA) is 48.7 Å². The Bertz CT molecular complexity index is 911. The van der Waals surface area contributed by atoms with Crippen LogP contribution in [-0.2, 0) is 18.3 Å². The standard InChI is InChI=1S/C21H25N3O2S/c1-22-14-16(17-5-2-3-6-18(17)22)13-21(26)24-10-8-23(9-11-24)15-19(25)20-7-4-12-27-20/h2-7,12,14,19,25H,8-11,13,15H2,1H3/t19-/m1/s1. The average molecular weight is 384 g/mol. The van der Waals surface area contributed by atoms with Crippen molar-refractivity contribution in [3.63, 3.8) is 0 Å². The van der Waals surface area contributed by atoms with Gasteiger partial charge in [-0.1, -0.05) is 24.3 Å². The van der Waals surface area contributed by atoms with Crippen LogP contribution in [0.15, 0.2) is 48.0 Å². The molecule has 1 aliphatic rings. The third kappa shape index (κ3) is 3.93. The highest BCUT2D eigenvalue weighted by atomic mass is 32.1. The van der Waals surface area contributed by atoms with Gasteiger partial charge in [-0.15, -0.1) is 11.3 Å². The van der Waals surface area contributed by atoms with Gasteiger partial charge in [0.25, 0.3) is 0 Å². The maximum Gasteiger partial charge on any atom is 0.227 e. The lowest BCUT2D eigenvalue weighted by Crippen LogP contribution is -2.49. The van der Waals surface area contributed by atoms with E-state index in [-0.39, 0.29) is 5.91 Å². The van der Waals surface area contributed by atoms with Crippen LogP contribution >= 0.6 is 11.3 Å². The molecule has 5 nitrogen and oxygen atoms in total. The van der Waals surface area contributed by atoms with Crippen LogP contribution in [-0.4, -0.2) is 58.1 Å². The second-order valence-corrected chi connectivity index (χ2v) is 8.15. The normalized spacial score (nSPS) is 16.7. The quantitative estimate of drug-likeness (QED) is 0.737. The van der Waals surface area contributed by atoms with E-state index in [0.717, 1.165) is 47.5 Å². The molecule has 0 spiro atoms. The Labute approximate surface area is 163 Å². The van der Waals surface area contributed by atoms with Gasteiger partial charge in [0.15, 0.2) is 0 Å². The van der Waals surface area contributed by atoms with Crippen molar-refractivity contribution in [3.05, 3.63) is 58.4 Å². The molecular formula is C21H25N3O2S. The van der Waals surface area contributed by atoms with Crippen molar-refractivity contribution >= 4 is 28.1 Å². The lowest BCUT2D eigenvalue weighted by atomic mass is 10.1. The SMILES string of the molecule is Cn1cc(CC(=O)N2CCN(C[C@@H](O)c3cccs3)CC2)c2ccccc21. The number of benzene rings is 1. The summed E-state index contributed by atoms with van der Waals surface area (Å²) in [5.41, 5.74) is 2.25. The summed E-state index contributed by atoms with van der Waals surface area (Å²) in [6.45, 7) is 3.70. The molecule has 0 unspecified atom stereocenters. The minimum absolute atomic E-state index is 0.185.